The van der Waals surface area contributed by atoms with E-state index in [9.17, 15) is 0 Å². The van der Waals surface area contributed by atoms with Gasteiger partial charge in [0.25, 0.3) is 0 Å². The lowest BCUT2D eigenvalue weighted by atomic mass is 10.3. The number of hydrogen-bond acceptors (Lipinski definition) is 1. The van der Waals surface area contributed by atoms with Crippen LogP contribution < -0.4 is 8.43 Å². The number of ether oxygens (including phenoxy) is 1. The fraction of sp³-hybridized carbons (Fsp3) is 0.333. The average molecular weight is 160 g/mol. The molecule has 0 fully saturated rings. The predicted molar refractivity (Wildman–Crippen MR) is 48.9 cm³/mol. The van der Waals surface area contributed by atoms with Crippen LogP contribution in [-0.2, 0) is 0 Å². The number of benzene rings is 1. The first-order valence-corrected chi connectivity index (χ1v) is 5.70. The summed E-state index contributed by atoms with van der Waals surface area (Å²) in [6.07, 6.45) is 0. The van der Waals surface area contributed by atoms with Crippen molar-refractivity contribution in [3.63, 3.8) is 0 Å². The van der Waals surface area contributed by atoms with Crippen LogP contribution in [-0.4, -0.2) is 27.5 Å². The largest absolute Gasteiger partial charge is 0.497 e. The van der Waals surface area contributed by atoms with Crippen LogP contribution in [0.15, 0.2) is 24.3 Å². The molecule has 0 atom stereocenters. The molecule has 0 radical (unpaired) electrons. The number of hydrogen-bond donors (Lipinski definition) is 0. The van der Waals surface area contributed by atoms with Gasteiger partial charge < -0.3 is 4.74 Å². The van der Waals surface area contributed by atoms with E-state index in [4.69, 9.17) is 4.74 Å². The predicted octanol–water partition coefficient (Wildman–Crippen LogP) is 1.46. The number of methoxy groups -OCH3 is 1. The highest BCUT2D eigenvalue weighted by atomic mass is 24.5. The van der Waals surface area contributed by atoms with Crippen LogP contribution in [0.25, 0.3) is 0 Å². The van der Waals surface area contributed by atoms with Crippen molar-refractivity contribution in [2.75, 3.05) is 7.11 Å². The second kappa shape index (κ2) is 4.62. The Labute approximate surface area is 77.5 Å². The van der Waals surface area contributed by atoms with Gasteiger partial charge in [-0.2, -0.15) is 3.69 Å². The quantitative estimate of drug-likeness (QED) is 0.609. The van der Waals surface area contributed by atoms with E-state index in [1.54, 1.807) is 7.11 Å². The molecule has 1 aromatic carbocycles. The van der Waals surface area contributed by atoms with Gasteiger partial charge in [0.15, 0.2) is 0 Å². The van der Waals surface area contributed by atoms with Crippen LogP contribution in [0.3, 0.4) is 0 Å². The Hall–Kier alpha value is -0.214. The molecule has 0 aliphatic carbocycles. The van der Waals surface area contributed by atoms with Crippen molar-refractivity contribution in [2.24, 2.45) is 0 Å². The van der Waals surface area contributed by atoms with Crippen molar-refractivity contribution < 1.29 is 4.74 Å². The van der Waals surface area contributed by atoms with Gasteiger partial charge in [0.2, 0.25) is 0 Å². The Morgan fingerprint density at radius 2 is 1.91 bits per heavy atom. The molecule has 0 aliphatic heterocycles. The Balaban J connectivity index is 2.66. The Kier molecular flexibility index (Phi) is 3.73. The van der Waals surface area contributed by atoms with Gasteiger partial charge in [-0.05, 0) is 12.1 Å². The zero-order chi connectivity index (χ0) is 8.10. The highest BCUT2D eigenvalue weighted by Gasteiger charge is 1.95. The summed E-state index contributed by atoms with van der Waals surface area (Å²) >= 11 is 0.0198. The molecule has 0 saturated carbocycles. The molecule has 56 valence electrons. The van der Waals surface area contributed by atoms with E-state index in [0.29, 0.717) is 0 Å². The van der Waals surface area contributed by atoms with E-state index in [1.807, 2.05) is 12.1 Å². The van der Waals surface area contributed by atoms with Crippen LogP contribution in [0.2, 0.25) is 4.55 Å². The molecule has 0 amide bonds. The van der Waals surface area contributed by atoms with Crippen LogP contribution in [0.5, 0.6) is 5.75 Å². The van der Waals surface area contributed by atoms with Crippen molar-refractivity contribution >= 4 is 24.1 Å². The molecule has 0 spiro atoms. The first-order chi connectivity index (χ1) is 5.36. The van der Waals surface area contributed by atoms with Gasteiger partial charge in [0.05, 0.1) is 7.11 Å². The topological polar surface area (TPSA) is 9.23 Å². The normalized spacial score (nSPS) is 8.91. The monoisotopic (exact) mass is 160 g/mol. The van der Waals surface area contributed by atoms with E-state index in [2.05, 4.69) is 19.1 Å². The summed E-state index contributed by atoms with van der Waals surface area (Å²) < 4.78 is 7.92. The van der Waals surface area contributed by atoms with Gasteiger partial charge >= 0.3 is 20.4 Å². The lowest BCUT2D eigenvalue weighted by Crippen LogP contribution is -2.11. The molecule has 0 heterocycles. The molecule has 0 aromatic heterocycles. The van der Waals surface area contributed by atoms with Crippen LogP contribution in [0.4, 0.5) is 0 Å². The maximum atomic E-state index is 5.06. The summed E-state index contributed by atoms with van der Waals surface area (Å²) in [7, 11) is 1.70. The molecule has 0 saturated heterocycles. The third kappa shape index (κ3) is 2.71. The second-order valence-electron chi connectivity index (χ2n) is 2.60. The maximum Gasteiger partial charge on any atom is 0.408 e. The Morgan fingerprint density at radius 1 is 1.27 bits per heavy atom. The zero-order valence-corrected chi connectivity index (χ0v) is 8.55. The minimum atomic E-state index is 0.0198. The number of rotatable bonds is 3. The molecule has 1 rings (SSSR count). The van der Waals surface area contributed by atoms with E-state index in [1.165, 1.54) is 8.24 Å². The van der Waals surface area contributed by atoms with Gasteiger partial charge in [-0.15, -0.1) is 4.55 Å². The lowest BCUT2D eigenvalue weighted by molar-refractivity contribution is 0.415. The molecular weight excluding hydrogens is 148 g/mol. The van der Waals surface area contributed by atoms with Gasteiger partial charge in [0, 0.05) is 0 Å². The standard InChI is InChI=1S/C7H7O.C2H5.Mg/c1-8-7-5-3-2-4-6-7;1-2;/h3-6H,1H3;1H2,2H3;. The summed E-state index contributed by atoms with van der Waals surface area (Å²) in [5.41, 5.74) is 0. The third-order valence-corrected chi connectivity index (χ3v) is 3.25. The van der Waals surface area contributed by atoms with Crippen LogP contribution >= 0.6 is 0 Å². The zero-order valence-electron chi connectivity index (χ0n) is 7.13. The SMILES string of the molecule is C[CH2][Mg][c]1ccc(OC)cc1. The van der Waals surface area contributed by atoms with Crippen molar-refractivity contribution in [3.05, 3.63) is 24.3 Å². The summed E-state index contributed by atoms with van der Waals surface area (Å²) in [4.78, 5) is 0. The first kappa shape index (κ1) is 8.88. The first-order valence-electron chi connectivity index (χ1n) is 3.99. The molecule has 1 nitrogen and oxygen atoms in total. The highest BCUT2D eigenvalue weighted by Crippen LogP contribution is 2.05. The van der Waals surface area contributed by atoms with Gasteiger partial charge in [0.1, 0.15) is 5.75 Å². The van der Waals surface area contributed by atoms with Gasteiger partial charge in [-0.25, -0.2) is 0 Å². The average Bonchev–Trinajstić information content (AvgIpc) is 2.07. The Morgan fingerprint density at radius 3 is 2.36 bits per heavy atom. The van der Waals surface area contributed by atoms with Crippen LogP contribution in [0.1, 0.15) is 6.92 Å². The van der Waals surface area contributed by atoms with Crippen molar-refractivity contribution in [3.8, 4) is 5.75 Å². The summed E-state index contributed by atoms with van der Waals surface area (Å²) in [5.74, 6) is 0.957. The van der Waals surface area contributed by atoms with Gasteiger partial charge in [-0.1, -0.05) is 19.1 Å². The fourth-order valence-corrected chi connectivity index (χ4v) is 2.23. The second-order valence-corrected chi connectivity index (χ2v) is 4.91. The smallest absolute Gasteiger partial charge is 0.408 e. The molecule has 1 aromatic rings. The highest BCUT2D eigenvalue weighted by molar-refractivity contribution is 6.53. The van der Waals surface area contributed by atoms with E-state index in [0.717, 1.165) is 5.75 Å². The van der Waals surface area contributed by atoms with Crippen molar-refractivity contribution in [1.82, 2.24) is 0 Å². The van der Waals surface area contributed by atoms with E-state index >= 15 is 0 Å². The third-order valence-electron chi connectivity index (χ3n) is 1.70. The minimum absolute atomic E-state index is 0.0198. The molecule has 2 heteroatoms. The van der Waals surface area contributed by atoms with Crippen LogP contribution in [0, 0.1) is 0 Å². The van der Waals surface area contributed by atoms with Gasteiger partial charge in [-0.3, -0.25) is 0 Å². The summed E-state index contributed by atoms with van der Waals surface area (Å²) in [6.45, 7) is 2.25. The Bertz CT molecular complexity index is 205. The molecule has 0 N–H and O–H groups in total. The molecule has 0 aliphatic rings. The summed E-state index contributed by atoms with van der Waals surface area (Å²) in [5, 5.41) is 0. The van der Waals surface area contributed by atoms with Crippen molar-refractivity contribution in [2.45, 2.75) is 11.5 Å². The van der Waals surface area contributed by atoms with E-state index < -0.39 is 0 Å². The maximum absolute atomic E-state index is 5.06. The molecule has 0 unspecified atom stereocenters. The minimum Gasteiger partial charge on any atom is -0.497 e. The van der Waals surface area contributed by atoms with E-state index in [-0.39, 0.29) is 20.4 Å². The molecule has 0 bridgehead atoms. The molecule has 11 heavy (non-hydrogen) atoms. The molecular formula is C9H12MgO. The van der Waals surface area contributed by atoms with Crippen molar-refractivity contribution in [1.29, 1.82) is 0 Å². The fourth-order valence-electron chi connectivity index (χ4n) is 1.08. The lowest BCUT2D eigenvalue weighted by Gasteiger charge is -2.00. The summed E-state index contributed by atoms with van der Waals surface area (Å²) in [6, 6.07) is 8.43.